The number of carboxylic acids is 1. The molecule has 0 amide bonds. The first kappa shape index (κ1) is 11.4. The second-order valence-corrected chi connectivity index (χ2v) is 2.89. The molecular formula is C7H17N3O2. The molecule has 5 nitrogen and oxygen atoms in total. The fourth-order valence-electron chi connectivity index (χ4n) is 0.868. The van der Waals surface area contributed by atoms with Crippen LogP contribution in [0.25, 0.3) is 0 Å². The Kier molecular flexibility index (Phi) is 5.61. The summed E-state index contributed by atoms with van der Waals surface area (Å²) >= 11 is 0. The van der Waals surface area contributed by atoms with Gasteiger partial charge in [0, 0.05) is 0 Å². The van der Waals surface area contributed by atoms with Gasteiger partial charge >= 0.3 is 5.97 Å². The lowest BCUT2D eigenvalue weighted by Gasteiger charge is -2.07. The number of rotatable bonds is 6. The quantitative estimate of drug-likeness (QED) is 0.311. The van der Waals surface area contributed by atoms with E-state index < -0.39 is 12.0 Å². The Morgan fingerprint density at radius 2 is 1.67 bits per heavy atom. The van der Waals surface area contributed by atoms with Crippen LogP contribution in [0.2, 0.25) is 0 Å². The highest BCUT2D eigenvalue weighted by Crippen LogP contribution is 2.02. The molecule has 0 rings (SSSR count). The molecule has 0 spiro atoms. The minimum Gasteiger partial charge on any atom is -0.480 e. The highest BCUT2D eigenvalue weighted by atomic mass is 16.4. The van der Waals surface area contributed by atoms with Crippen LogP contribution in [-0.2, 0) is 4.79 Å². The zero-order valence-corrected chi connectivity index (χ0v) is 7.07. The van der Waals surface area contributed by atoms with Gasteiger partial charge in [0.25, 0.3) is 0 Å². The monoisotopic (exact) mass is 175 g/mol. The topological polar surface area (TPSA) is 115 Å². The number of carboxylic acid groups (broad SMARTS) is 1. The maximum absolute atomic E-state index is 10.3. The number of hydrogen-bond acceptors (Lipinski definition) is 4. The second-order valence-electron chi connectivity index (χ2n) is 2.89. The minimum absolute atomic E-state index is 0.300. The molecule has 12 heavy (non-hydrogen) atoms. The van der Waals surface area contributed by atoms with Crippen LogP contribution in [0, 0.1) is 0 Å². The average Bonchev–Trinajstić information content (AvgIpc) is 1.97. The lowest BCUT2D eigenvalue weighted by molar-refractivity contribution is -0.138. The first-order valence-corrected chi connectivity index (χ1v) is 4.03. The molecule has 1 atom stereocenters. The molecule has 0 radical (unpaired) electrons. The van der Waals surface area contributed by atoms with E-state index in [2.05, 4.69) is 0 Å². The molecule has 0 saturated carbocycles. The van der Waals surface area contributed by atoms with Gasteiger partial charge < -0.3 is 22.3 Å². The molecule has 0 fully saturated rings. The molecule has 0 aromatic carbocycles. The van der Waals surface area contributed by atoms with E-state index in [-0.39, 0.29) is 6.17 Å². The Morgan fingerprint density at radius 1 is 1.17 bits per heavy atom. The van der Waals surface area contributed by atoms with Crippen molar-refractivity contribution in [2.75, 3.05) is 0 Å². The molecule has 5 heteroatoms. The zero-order valence-electron chi connectivity index (χ0n) is 7.07. The van der Waals surface area contributed by atoms with Crippen molar-refractivity contribution in [3.8, 4) is 0 Å². The van der Waals surface area contributed by atoms with Gasteiger partial charge in [-0.25, -0.2) is 0 Å². The van der Waals surface area contributed by atoms with Crippen LogP contribution in [0.1, 0.15) is 25.7 Å². The second kappa shape index (κ2) is 5.93. The van der Waals surface area contributed by atoms with Gasteiger partial charge in [0.2, 0.25) is 0 Å². The molecule has 7 N–H and O–H groups in total. The van der Waals surface area contributed by atoms with E-state index >= 15 is 0 Å². The Balaban J connectivity index is 3.25. The van der Waals surface area contributed by atoms with Gasteiger partial charge in [-0.3, -0.25) is 4.79 Å². The van der Waals surface area contributed by atoms with Crippen LogP contribution >= 0.6 is 0 Å². The van der Waals surface area contributed by atoms with E-state index in [1.807, 2.05) is 0 Å². The number of hydrogen-bond donors (Lipinski definition) is 4. The van der Waals surface area contributed by atoms with E-state index in [0.717, 1.165) is 12.8 Å². The zero-order chi connectivity index (χ0) is 9.56. The molecule has 0 aromatic rings. The first-order valence-electron chi connectivity index (χ1n) is 4.03. The molecule has 0 aliphatic carbocycles. The fraction of sp³-hybridized carbons (Fsp3) is 0.857. The molecule has 0 aliphatic rings. The van der Waals surface area contributed by atoms with Crippen molar-refractivity contribution in [1.29, 1.82) is 0 Å². The van der Waals surface area contributed by atoms with Crippen LogP contribution in [-0.4, -0.2) is 23.3 Å². The summed E-state index contributed by atoms with van der Waals surface area (Å²) < 4.78 is 0. The van der Waals surface area contributed by atoms with Crippen LogP contribution in [0.4, 0.5) is 0 Å². The summed E-state index contributed by atoms with van der Waals surface area (Å²) in [4.78, 5) is 10.3. The van der Waals surface area contributed by atoms with Crippen LogP contribution in [0.3, 0.4) is 0 Å². The van der Waals surface area contributed by atoms with Crippen molar-refractivity contribution in [2.24, 2.45) is 17.2 Å². The van der Waals surface area contributed by atoms with Crippen molar-refractivity contribution in [3.63, 3.8) is 0 Å². The Hall–Kier alpha value is -0.650. The number of nitrogens with two attached hydrogens (primary N) is 3. The summed E-state index contributed by atoms with van der Waals surface area (Å²) in [6.45, 7) is 0. The maximum atomic E-state index is 10.3. The number of aliphatic carboxylic acids is 1. The number of unbranched alkanes of at least 4 members (excludes halogenated alkanes) is 1. The Morgan fingerprint density at radius 3 is 2.08 bits per heavy atom. The van der Waals surface area contributed by atoms with Gasteiger partial charge in [-0.15, -0.1) is 0 Å². The van der Waals surface area contributed by atoms with Gasteiger partial charge in [-0.2, -0.15) is 0 Å². The Labute approximate surface area is 71.9 Å². The fourth-order valence-corrected chi connectivity index (χ4v) is 0.868. The summed E-state index contributed by atoms with van der Waals surface area (Å²) in [6, 6.07) is -0.751. The van der Waals surface area contributed by atoms with E-state index in [1.165, 1.54) is 0 Å². The van der Waals surface area contributed by atoms with Crippen LogP contribution < -0.4 is 17.2 Å². The summed E-state index contributed by atoms with van der Waals surface area (Å²) in [7, 11) is 0. The maximum Gasteiger partial charge on any atom is 0.320 e. The molecule has 0 aromatic heterocycles. The van der Waals surface area contributed by atoms with Crippen molar-refractivity contribution < 1.29 is 9.90 Å². The van der Waals surface area contributed by atoms with E-state index in [9.17, 15) is 4.79 Å². The highest BCUT2D eigenvalue weighted by Gasteiger charge is 2.09. The third-order valence-electron chi connectivity index (χ3n) is 1.62. The first-order chi connectivity index (χ1) is 5.54. The lowest BCUT2D eigenvalue weighted by Crippen LogP contribution is -2.31. The minimum atomic E-state index is -0.952. The van der Waals surface area contributed by atoms with Gasteiger partial charge in [0.05, 0.1) is 6.17 Å². The highest BCUT2D eigenvalue weighted by molar-refractivity contribution is 5.72. The predicted molar refractivity (Wildman–Crippen MR) is 46.2 cm³/mol. The average molecular weight is 175 g/mol. The molecule has 0 bridgehead atoms. The van der Waals surface area contributed by atoms with Crippen molar-refractivity contribution in [3.05, 3.63) is 0 Å². The van der Waals surface area contributed by atoms with Gasteiger partial charge in [-0.05, 0) is 12.8 Å². The van der Waals surface area contributed by atoms with E-state index in [1.54, 1.807) is 0 Å². The van der Waals surface area contributed by atoms with E-state index in [4.69, 9.17) is 22.3 Å². The third kappa shape index (κ3) is 6.09. The smallest absolute Gasteiger partial charge is 0.320 e. The number of carbonyl (C=O) groups is 1. The van der Waals surface area contributed by atoms with E-state index in [0.29, 0.717) is 12.8 Å². The molecule has 1 unspecified atom stereocenters. The summed E-state index contributed by atoms with van der Waals surface area (Å²) in [5.74, 6) is -0.952. The SMILES string of the molecule is NC(N)CCCCC(N)C(=O)O. The molecule has 0 saturated heterocycles. The molecule has 0 aliphatic heterocycles. The molecule has 0 heterocycles. The van der Waals surface area contributed by atoms with Gasteiger partial charge in [0.15, 0.2) is 0 Å². The normalized spacial score (nSPS) is 13.3. The lowest BCUT2D eigenvalue weighted by atomic mass is 10.1. The largest absolute Gasteiger partial charge is 0.480 e. The predicted octanol–water partition coefficient (Wildman–Crippen LogP) is -0.798. The summed E-state index contributed by atoms with van der Waals surface area (Å²) in [5.41, 5.74) is 15.9. The van der Waals surface area contributed by atoms with Crippen molar-refractivity contribution in [2.45, 2.75) is 37.9 Å². The van der Waals surface area contributed by atoms with Crippen molar-refractivity contribution in [1.82, 2.24) is 0 Å². The summed E-state index contributed by atoms with van der Waals surface area (Å²) in [5, 5.41) is 8.42. The van der Waals surface area contributed by atoms with Crippen molar-refractivity contribution >= 4 is 5.97 Å². The third-order valence-corrected chi connectivity index (χ3v) is 1.62. The molecular weight excluding hydrogens is 158 g/mol. The standard InChI is InChI=1S/C7H17N3O2/c8-5(7(11)12)3-1-2-4-6(9)10/h5-6H,1-4,8-10H2,(H,11,12). The van der Waals surface area contributed by atoms with Gasteiger partial charge in [-0.1, -0.05) is 12.8 Å². The molecule has 72 valence electrons. The Bertz CT molecular complexity index is 139. The van der Waals surface area contributed by atoms with Crippen LogP contribution in [0.5, 0.6) is 0 Å². The van der Waals surface area contributed by atoms with Crippen LogP contribution in [0.15, 0.2) is 0 Å². The van der Waals surface area contributed by atoms with Gasteiger partial charge in [0.1, 0.15) is 6.04 Å². The summed E-state index contributed by atoms with van der Waals surface area (Å²) in [6.07, 6.45) is 2.50.